The van der Waals surface area contributed by atoms with E-state index in [9.17, 15) is 13.6 Å². The highest BCUT2D eigenvalue weighted by Crippen LogP contribution is 2.51. The number of hydrazone groups is 1. The molecule has 0 saturated carbocycles. The zero-order valence-electron chi connectivity index (χ0n) is 18.2. The quantitative estimate of drug-likeness (QED) is 0.355. The van der Waals surface area contributed by atoms with Gasteiger partial charge in [-0.3, -0.25) is 4.79 Å². The summed E-state index contributed by atoms with van der Waals surface area (Å²) in [6.07, 6.45) is 1.96. The summed E-state index contributed by atoms with van der Waals surface area (Å²) in [6, 6.07) is 12.3. The van der Waals surface area contributed by atoms with Crippen LogP contribution >= 0.6 is 11.8 Å². The van der Waals surface area contributed by atoms with Crippen molar-refractivity contribution in [1.82, 2.24) is 5.01 Å². The van der Waals surface area contributed by atoms with Crippen LogP contribution in [0.25, 0.3) is 0 Å². The Balaban J connectivity index is 2.10. The van der Waals surface area contributed by atoms with Crippen molar-refractivity contribution in [3.8, 4) is 6.19 Å². The van der Waals surface area contributed by atoms with Crippen LogP contribution in [-0.4, -0.2) is 35.0 Å². The molecule has 0 spiro atoms. The zero-order valence-corrected chi connectivity index (χ0v) is 19.0. The van der Waals surface area contributed by atoms with E-state index >= 15 is 0 Å². The molecule has 1 unspecified atom stereocenters. The van der Waals surface area contributed by atoms with Gasteiger partial charge in [-0.25, -0.2) is 13.8 Å². The molecule has 0 saturated heterocycles. The molecule has 2 aromatic rings. The van der Waals surface area contributed by atoms with E-state index in [1.165, 1.54) is 12.1 Å². The summed E-state index contributed by atoms with van der Waals surface area (Å²) in [7, 11) is 1.41. The van der Waals surface area contributed by atoms with Crippen molar-refractivity contribution < 1.29 is 18.3 Å². The second-order valence-corrected chi connectivity index (χ2v) is 8.63. The van der Waals surface area contributed by atoms with Gasteiger partial charge in [-0.2, -0.15) is 15.4 Å². The van der Waals surface area contributed by atoms with Crippen LogP contribution < -0.4 is 5.73 Å². The molecule has 172 valence electrons. The number of carbonyl (C=O) groups is 1. The van der Waals surface area contributed by atoms with Gasteiger partial charge in [-0.15, -0.1) is 0 Å². The number of ether oxygens (including phenoxy) is 1. The predicted molar refractivity (Wildman–Crippen MR) is 123 cm³/mol. The molecule has 2 aromatic carbocycles. The number of methoxy groups -OCH3 is 1. The molecule has 0 radical (unpaired) electrons. The summed E-state index contributed by atoms with van der Waals surface area (Å²) < 4.78 is 33.8. The van der Waals surface area contributed by atoms with Crippen LogP contribution in [0.15, 0.2) is 58.6 Å². The van der Waals surface area contributed by atoms with Crippen molar-refractivity contribution >= 4 is 28.5 Å². The van der Waals surface area contributed by atoms with Gasteiger partial charge in [-0.1, -0.05) is 42.1 Å². The Labute approximate surface area is 194 Å². The molecule has 33 heavy (non-hydrogen) atoms. The van der Waals surface area contributed by atoms with Crippen LogP contribution in [0, 0.1) is 23.1 Å². The minimum absolute atomic E-state index is 0.0359. The highest BCUT2D eigenvalue weighted by atomic mass is 32.2. The van der Waals surface area contributed by atoms with Crippen LogP contribution in [0.1, 0.15) is 37.3 Å². The van der Waals surface area contributed by atoms with Crippen molar-refractivity contribution in [1.29, 1.82) is 5.26 Å². The lowest BCUT2D eigenvalue weighted by molar-refractivity contribution is -0.144. The fourth-order valence-corrected chi connectivity index (χ4v) is 4.90. The van der Waals surface area contributed by atoms with Gasteiger partial charge < -0.3 is 10.5 Å². The number of hydrogen-bond acceptors (Lipinski definition) is 6. The SMILES string of the molecule is CO[C@@H](C)C(=O)N1N=C(c2cc(F)ccc2F)SC1(CCC/C(N)=N/C#N)c1ccccc1. The second-order valence-electron chi connectivity index (χ2n) is 7.37. The largest absolute Gasteiger partial charge is 0.386 e. The molecule has 0 aromatic heterocycles. The summed E-state index contributed by atoms with van der Waals surface area (Å²) in [4.78, 5) is 15.8. The van der Waals surface area contributed by atoms with E-state index in [4.69, 9.17) is 15.7 Å². The van der Waals surface area contributed by atoms with Crippen LogP contribution in [0.3, 0.4) is 0 Å². The third-order valence-corrected chi connectivity index (χ3v) is 6.68. The summed E-state index contributed by atoms with van der Waals surface area (Å²) in [5.74, 6) is -1.52. The predicted octanol–water partition coefficient (Wildman–Crippen LogP) is 4.10. The van der Waals surface area contributed by atoms with E-state index in [1.54, 1.807) is 13.1 Å². The van der Waals surface area contributed by atoms with Crippen LogP contribution in [-0.2, 0) is 14.4 Å². The molecule has 3 rings (SSSR count). The minimum atomic E-state index is -1.06. The minimum Gasteiger partial charge on any atom is -0.386 e. The van der Waals surface area contributed by atoms with Crippen molar-refractivity contribution in [2.24, 2.45) is 15.8 Å². The maximum Gasteiger partial charge on any atom is 0.273 e. The molecule has 7 nitrogen and oxygen atoms in total. The van der Waals surface area contributed by atoms with E-state index in [0.717, 1.165) is 35.5 Å². The Bertz CT molecular complexity index is 1120. The van der Waals surface area contributed by atoms with E-state index in [-0.39, 0.29) is 16.4 Å². The van der Waals surface area contributed by atoms with Crippen LogP contribution in [0.2, 0.25) is 0 Å². The van der Waals surface area contributed by atoms with Gasteiger partial charge in [0.1, 0.15) is 33.5 Å². The molecule has 0 bridgehead atoms. The average molecular weight is 472 g/mol. The lowest BCUT2D eigenvalue weighted by Crippen LogP contribution is -2.45. The van der Waals surface area contributed by atoms with E-state index in [2.05, 4.69) is 10.1 Å². The molecular formula is C23H23F2N5O2S. The summed E-state index contributed by atoms with van der Waals surface area (Å²) in [5.41, 5.74) is 6.48. The molecule has 2 atom stereocenters. The number of nitriles is 1. The standard InChI is InChI=1S/C23H23F2N5O2S/c1-15(32-2)22(31)30-23(16-7-4-3-5-8-16,12-6-9-20(27)28-14-26)33-21(29-30)18-13-17(24)10-11-19(18)25/h3-5,7-8,10-11,13,15H,6,9,12H2,1-2H3,(H2,27,28)/t15-,23?/m0/s1. The second kappa shape index (κ2) is 10.6. The average Bonchev–Trinajstić information content (AvgIpc) is 3.20. The van der Waals surface area contributed by atoms with Crippen molar-refractivity contribution in [2.45, 2.75) is 37.2 Å². The molecule has 1 aliphatic rings. The third-order valence-electron chi connectivity index (χ3n) is 5.23. The maximum absolute atomic E-state index is 14.6. The number of nitrogens with two attached hydrogens (primary N) is 1. The lowest BCUT2D eigenvalue weighted by atomic mass is 9.98. The van der Waals surface area contributed by atoms with Crippen molar-refractivity contribution in [3.63, 3.8) is 0 Å². The first-order valence-electron chi connectivity index (χ1n) is 10.2. The number of carbonyl (C=O) groups excluding carboxylic acids is 1. The first-order chi connectivity index (χ1) is 15.8. The number of aliphatic imine (C=N–C) groups is 1. The molecular weight excluding hydrogens is 448 g/mol. The number of amides is 1. The Morgan fingerprint density at radius 3 is 2.73 bits per heavy atom. The van der Waals surface area contributed by atoms with Crippen molar-refractivity contribution in [3.05, 3.63) is 71.3 Å². The van der Waals surface area contributed by atoms with Crippen molar-refractivity contribution in [2.75, 3.05) is 7.11 Å². The Morgan fingerprint density at radius 2 is 2.06 bits per heavy atom. The monoisotopic (exact) mass is 471 g/mol. The van der Waals surface area contributed by atoms with Crippen LogP contribution in [0.5, 0.6) is 0 Å². The number of benzene rings is 2. The van der Waals surface area contributed by atoms with E-state index in [0.29, 0.717) is 19.3 Å². The number of halogens is 2. The van der Waals surface area contributed by atoms with E-state index in [1.807, 2.05) is 30.3 Å². The van der Waals surface area contributed by atoms with Crippen LogP contribution in [0.4, 0.5) is 8.78 Å². The summed E-state index contributed by atoms with van der Waals surface area (Å²) in [5, 5.41) is 14.6. The van der Waals surface area contributed by atoms with Gasteiger partial charge in [0.2, 0.25) is 6.19 Å². The topological polar surface area (TPSA) is 104 Å². The maximum atomic E-state index is 14.6. The van der Waals surface area contributed by atoms with Gasteiger partial charge in [0.25, 0.3) is 5.91 Å². The van der Waals surface area contributed by atoms with Gasteiger partial charge in [0, 0.05) is 19.1 Å². The number of nitrogens with zero attached hydrogens (tertiary/aromatic N) is 4. The Hall–Kier alpha value is -3.29. The fourth-order valence-electron chi connectivity index (χ4n) is 3.48. The first-order valence-corrected chi connectivity index (χ1v) is 11.0. The highest BCUT2D eigenvalue weighted by molar-refractivity contribution is 8.15. The van der Waals surface area contributed by atoms with Gasteiger partial charge in [0.05, 0.1) is 0 Å². The Morgan fingerprint density at radius 1 is 1.33 bits per heavy atom. The highest BCUT2D eigenvalue weighted by Gasteiger charge is 2.49. The van der Waals surface area contributed by atoms with Gasteiger partial charge >= 0.3 is 0 Å². The molecule has 0 fully saturated rings. The van der Waals surface area contributed by atoms with Gasteiger partial charge in [0.15, 0.2) is 0 Å². The Kier molecular flexibility index (Phi) is 7.79. The summed E-state index contributed by atoms with van der Waals surface area (Å²) >= 11 is 1.16. The molecule has 1 heterocycles. The summed E-state index contributed by atoms with van der Waals surface area (Å²) in [6.45, 7) is 1.59. The zero-order chi connectivity index (χ0) is 24.0. The normalized spacial score (nSPS) is 19.2. The number of hydrogen-bond donors (Lipinski definition) is 1. The third kappa shape index (κ3) is 5.21. The molecule has 10 heteroatoms. The van der Waals surface area contributed by atoms with E-state index < -0.39 is 28.5 Å². The number of amidine groups is 1. The lowest BCUT2D eigenvalue weighted by Gasteiger charge is -2.37. The molecule has 1 aliphatic heterocycles. The number of rotatable bonds is 8. The first kappa shape index (κ1) is 24.4. The molecule has 2 N–H and O–H groups in total. The molecule has 1 amide bonds. The fraction of sp³-hybridized carbons (Fsp3) is 0.304. The molecule has 0 aliphatic carbocycles. The van der Waals surface area contributed by atoms with Gasteiger partial charge in [-0.05, 0) is 43.5 Å². The smallest absolute Gasteiger partial charge is 0.273 e. The number of thioether (sulfide) groups is 1.